The summed E-state index contributed by atoms with van der Waals surface area (Å²) in [5.41, 5.74) is 5.43. The van der Waals surface area contributed by atoms with Crippen LogP contribution in [0.15, 0.2) is 11.3 Å². The van der Waals surface area contributed by atoms with Crippen molar-refractivity contribution in [2.24, 2.45) is 10.7 Å². The van der Waals surface area contributed by atoms with Crippen LogP contribution >= 0.6 is 0 Å². The Labute approximate surface area is 107 Å². The van der Waals surface area contributed by atoms with Gasteiger partial charge in [-0.2, -0.15) is 10.3 Å². The first kappa shape index (κ1) is 13.4. The maximum Gasteiger partial charge on any atom is 0.217 e. The molecule has 4 atom stereocenters. The minimum atomic E-state index is -1.26. The number of nitrogens with zero attached hydrogens (tertiary/aromatic N) is 5. The highest BCUT2D eigenvalue weighted by atomic mass is 16.6. The maximum absolute atomic E-state index is 9.78. The third-order valence-electron chi connectivity index (χ3n) is 2.69. The molecule has 0 bridgehead atoms. The lowest BCUT2D eigenvalue weighted by atomic mass is 10.1. The second-order valence-corrected chi connectivity index (χ2v) is 3.87. The number of nitriles is 1. The molecule has 0 unspecified atom stereocenters. The fourth-order valence-electron chi connectivity index (χ4n) is 1.72. The highest BCUT2D eigenvalue weighted by molar-refractivity contribution is 5.94. The van der Waals surface area contributed by atoms with E-state index in [0.29, 0.717) is 0 Å². The Kier molecular flexibility index (Phi) is 3.72. The first-order chi connectivity index (χ1) is 9.08. The van der Waals surface area contributed by atoms with Crippen molar-refractivity contribution in [1.29, 1.82) is 5.26 Å². The summed E-state index contributed by atoms with van der Waals surface area (Å²) < 4.78 is 6.38. The van der Waals surface area contributed by atoms with Crippen LogP contribution in [-0.2, 0) is 4.74 Å². The largest absolute Gasteiger partial charge is 0.394 e. The number of aliphatic hydroxyl groups excluding tert-OH is 3. The predicted octanol–water partition coefficient (Wildman–Crippen LogP) is -2.92. The molecule has 102 valence electrons. The number of hydrogen-bond donors (Lipinski definition) is 4. The van der Waals surface area contributed by atoms with Crippen LogP contribution in [-0.4, -0.2) is 60.8 Å². The van der Waals surface area contributed by atoms with Crippen LogP contribution < -0.4 is 5.73 Å². The standard InChI is InChI=1S/C9H12N6O4/c10-2-12-7(11)8-13-3-15(14-8)9-6(18)5(17)4(1-16)19-9/h3-6,9,16-18H,1H2,(H2,11,12)/t4-,5-,6-,9-/m1/s1. The van der Waals surface area contributed by atoms with Gasteiger partial charge in [-0.05, 0) is 0 Å². The lowest BCUT2D eigenvalue weighted by Crippen LogP contribution is -2.33. The summed E-state index contributed by atoms with van der Waals surface area (Å²) in [4.78, 5) is 7.07. The second kappa shape index (κ2) is 5.29. The van der Waals surface area contributed by atoms with Gasteiger partial charge in [0.05, 0.1) is 6.61 Å². The van der Waals surface area contributed by atoms with E-state index in [-0.39, 0.29) is 11.7 Å². The number of aromatic nitrogens is 3. The summed E-state index contributed by atoms with van der Waals surface area (Å²) >= 11 is 0. The SMILES string of the molecule is N#CN=C(N)c1ncn([C@@H]2O[C@H](CO)[C@@H](O)[C@H]2O)n1. The van der Waals surface area contributed by atoms with Crippen molar-refractivity contribution in [2.75, 3.05) is 6.61 Å². The summed E-state index contributed by atoms with van der Waals surface area (Å²) in [6, 6.07) is 0. The van der Waals surface area contributed by atoms with Gasteiger partial charge in [-0.3, -0.25) is 0 Å². The Bertz CT molecular complexity index is 523. The number of rotatable bonds is 3. The highest BCUT2D eigenvalue weighted by Crippen LogP contribution is 2.28. The van der Waals surface area contributed by atoms with E-state index in [1.54, 1.807) is 0 Å². The summed E-state index contributed by atoms with van der Waals surface area (Å²) in [6.45, 7) is -0.436. The summed E-state index contributed by atoms with van der Waals surface area (Å²) in [5, 5.41) is 40.6. The quantitative estimate of drug-likeness (QED) is 0.257. The smallest absolute Gasteiger partial charge is 0.217 e. The van der Waals surface area contributed by atoms with E-state index in [2.05, 4.69) is 15.1 Å². The van der Waals surface area contributed by atoms with Crippen LogP contribution in [0, 0.1) is 11.5 Å². The van der Waals surface area contributed by atoms with Gasteiger partial charge in [0.15, 0.2) is 12.1 Å². The molecular formula is C9H12N6O4. The molecule has 0 aliphatic carbocycles. The fourth-order valence-corrected chi connectivity index (χ4v) is 1.72. The van der Waals surface area contributed by atoms with Gasteiger partial charge in [0.1, 0.15) is 24.6 Å². The summed E-state index contributed by atoms with van der Waals surface area (Å²) in [5.74, 6) is -0.174. The fraction of sp³-hybridized carbons (Fsp3) is 0.556. The van der Waals surface area contributed by atoms with Gasteiger partial charge in [0.25, 0.3) is 0 Å². The van der Waals surface area contributed by atoms with Gasteiger partial charge < -0.3 is 25.8 Å². The van der Waals surface area contributed by atoms with Crippen molar-refractivity contribution in [3.63, 3.8) is 0 Å². The average Bonchev–Trinajstić information content (AvgIpc) is 2.97. The van der Waals surface area contributed by atoms with E-state index in [1.807, 2.05) is 0 Å². The molecule has 0 saturated carbocycles. The van der Waals surface area contributed by atoms with Crippen molar-refractivity contribution in [1.82, 2.24) is 14.8 Å². The Morgan fingerprint density at radius 1 is 1.58 bits per heavy atom. The minimum Gasteiger partial charge on any atom is -0.394 e. The summed E-state index contributed by atoms with van der Waals surface area (Å²) in [6.07, 6.45) is -1.68. The van der Waals surface area contributed by atoms with Crippen molar-refractivity contribution in [2.45, 2.75) is 24.5 Å². The van der Waals surface area contributed by atoms with Crippen LogP contribution in [0.1, 0.15) is 12.1 Å². The van der Waals surface area contributed by atoms with Gasteiger partial charge >= 0.3 is 0 Å². The molecule has 1 saturated heterocycles. The van der Waals surface area contributed by atoms with Crippen LogP contribution in [0.25, 0.3) is 0 Å². The van der Waals surface area contributed by atoms with Crippen LogP contribution in [0.5, 0.6) is 0 Å². The molecule has 0 spiro atoms. The normalized spacial score (nSPS) is 31.4. The lowest BCUT2D eigenvalue weighted by molar-refractivity contribution is -0.0588. The van der Waals surface area contributed by atoms with Crippen LogP contribution in [0.2, 0.25) is 0 Å². The molecule has 10 heteroatoms. The van der Waals surface area contributed by atoms with Gasteiger partial charge in [-0.15, -0.1) is 5.10 Å². The Hall–Kier alpha value is -2.06. The zero-order chi connectivity index (χ0) is 14.0. The molecule has 1 aromatic heterocycles. The number of aliphatic hydroxyl groups is 3. The van der Waals surface area contributed by atoms with E-state index in [1.165, 1.54) is 12.5 Å². The van der Waals surface area contributed by atoms with Crippen molar-refractivity contribution >= 4 is 5.84 Å². The van der Waals surface area contributed by atoms with Crippen molar-refractivity contribution < 1.29 is 20.1 Å². The Balaban J connectivity index is 2.20. The van der Waals surface area contributed by atoms with E-state index >= 15 is 0 Å². The summed E-state index contributed by atoms with van der Waals surface area (Å²) in [7, 11) is 0. The topological polar surface area (TPSA) is 163 Å². The van der Waals surface area contributed by atoms with Crippen LogP contribution in [0.3, 0.4) is 0 Å². The van der Waals surface area contributed by atoms with Crippen molar-refractivity contribution in [3.8, 4) is 6.19 Å². The Morgan fingerprint density at radius 3 is 2.89 bits per heavy atom. The highest BCUT2D eigenvalue weighted by Gasteiger charge is 2.43. The van der Waals surface area contributed by atoms with Gasteiger partial charge in [0.2, 0.25) is 12.0 Å². The molecule has 0 aromatic carbocycles. The number of ether oxygens (including phenoxy) is 1. The predicted molar refractivity (Wildman–Crippen MR) is 59.4 cm³/mol. The van der Waals surface area contributed by atoms with E-state index < -0.39 is 31.1 Å². The van der Waals surface area contributed by atoms with Crippen LogP contribution in [0.4, 0.5) is 0 Å². The third kappa shape index (κ3) is 2.40. The molecule has 10 nitrogen and oxygen atoms in total. The third-order valence-corrected chi connectivity index (χ3v) is 2.69. The lowest BCUT2D eigenvalue weighted by Gasteiger charge is -2.13. The molecule has 5 N–H and O–H groups in total. The molecule has 0 radical (unpaired) electrons. The minimum absolute atomic E-state index is 0.000659. The molecule has 0 amide bonds. The van der Waals surface area contributed by atoms with E-state index in [0.717, 1.165) is 4.68 Å². The number of aliphatic imine (C=N–C) groups is 1. The molecule has 1 aliphatic rings. The molecule has 1 aromatic rings. The van der Waals surface area contributed by atoms with Gasteiger partial charge in [-0.1, -0.05) is 0 Å². The second-order valence-electron chi connectivity index (χ2n) is 3.87. The zero-order valence-electron chi connectivity index (χ0n) is 9.66. The molecule has 2 rings (SSSR count). The molecule has 19 heavy (non-hydrogen) atoms. The van der Waals surface area contributed by atoms with E-state index in [4.69, 9.17) is 20.8 Å². The number of nitrogens with two attached hydrogens (primary N) is 1. The number of hydrogen-bond acceptors (Lipinski definition) is 8. The molecule has 1 aliphatic heterocycles. The first-order valence-electron chi connectivity index (χ1n) is 5.34. The van der Waals surface area contributed by atoms with Crippen molar-refractivity contribution in [3.05, 3.63) is 12.2 Å². The number of amidine groups is 1. The Morgan fingerprint density at radius 2 is 2.32 bits per heavy atom. The first-order valence-corrected chi connectivity index (χ1v) is 5.34. The molecule has 2 heterocycles. The maximum atomic E-state index is 9.78. The zero-order valence-corrected chi connectivity index (χ0v) is 9.66. The monoisotopic (exact) mass is 268 g/mol. The van der Waals surface area contributed by atoms with Gasteiger partial charge in [-0.25, -0.2) is 9.67 Å². The van der Waals surface area contributed by atoms with E-state index in [9.17, 15) is 10.2 Å². The molecule has 1 fully saturated rings. The van der Waals surface area contributed by atoms with Gasteiger partial charge in [0, 0.05) is 0 Å². The average molecular weight is 268 g/mol. The molecular weight excluding hydrogens is 256 g/mol.